The first-order valence-electron chi connectivity index (χ1n) is 8.22. The van der Waals surface area contributed by atoms with Crippen molar-refractivity contribution in [3.05, 3.63) is 51.3 Å². The van der Waals surface area contributed by atoms with Gasteiger partial charge in [0.1, 0.15) is 5.69 Å². The van der Waals surface area contributed by atoms with Gasteiger partial charge in [0.25, 0.3) is 5.91 Å². The summed E-state index contributed by atoms with van der Waals surface area (Å²) in [7, 11) is 1.33. The van der Waals surface area contributed by atoms with Crippen LogP contribution in [0.4, 0.5) is 13.2 Å². The number of carbonyl (C=O) groups excluding carboxylic acids is 1. The first-order valence-corrected chi connectivity index (χ1v) is 8.97. The first-order chi connectivity index (χ1) is 12.6. The van der Waals surface area contributed by atoms with Crippen LogP contribution in [-0.2, 0) is 19.8 Å². The van der Waals surface area contributed by atoms with Crippen molar-refractivity contribution in [3.63, 3.8) is 0 Å². The standard InChI is InChI=1S/C17H17Cl2F3N4O/c1-24-14(9-15(23-24)17(20,21)22)16(27)26-6-4-25(5-7-26)10-11-2-3-12(18)8-13(11)19/h2-3,8-9H,4-7,10H2,1H3. The average molecular weight is 421 g/mol. The monoisotopic (exact) mass is 420 g/mol. The van der Waals surface area contributed by atoms with Crippen molar-refractivity contribution in [2.45, 2.75) is 12.7 Å². The van der Waals surface area contributed by atoms with Crippen molar-refractivity contribution in [3.8, 4) is 0 Å². The number of benzene rings is 1. The summed E-state index contributed by atoms with van der Waals surface area (Å²) in [6.45, 7) is 2.62. The lowest BCUT2D eigenvalue weighted by molar-refractivity contribution is -0.141. The molecule has 0 spiro atoms. The Labute approximate surface area is 164 Å². The van der Waals surface area contributed by atoms with Gasteiger partial charge in [-0.3, -0.25) is 14.4 Å². The molecule has 0 N–H and O–H groups in total. The average Bonchev–Trinajstić information content (AvgIpc) is 2.99. The van der Waals surface area contributed by atoms with Crippen molar-refractivity contribution in [1.29, 1.82) is 0 Å². The molecule has 146 valence electrons. The zero-order valence-corrected chi connectivity index (χ0v) is 15.9. The van der Waals surface area contributed by atoms with Crippen LogP contribution in [0.5, 0.6) is 0 Å². The molecule has 0 unspecified atom stereocenters. The molecule has 1 aliphatic heterocycles. The predicted octanol–water partition coefficient (Wildman–Crippen LogP) is 3.70. The third-order valence-electron chi connectivity index (χ3n) is 4.46. The summed E-state index contributed by atoms with van der Waals surface area (Å²) in [5.41, 5.74) is -0.205. The molecule has 3 rings (SSSR count). The molecule has 1 aromatic carbocycles. The van der Waals surface area contributed by atoms with Gasteiger partial charge in [-0.2, -0.15) is 18.3 Å². The van der Waals surface area contributed by atoms with Gasteiger partial charge >= 0.3 is 6.18 Å². The van der Waals surface area contributed by atoms with E-state index in [0.717, 1.165) is 16.3 Å². The predicted molar refractivity (Wildman–Crippen MR) is 95.9 cm³/mol. The van der Waals surface area contributed by atoms with Crippen LogP contribution in [0.15, 0.2) is 24.3 Å². The van der Waals surface area contributed by atoms with Gasteiger partial charge in [0, 0.05) is 55.9 Å². The molecule has 1 aromatic heterocycles. The quantitative estimate of drug-likeness (QED) is 0.759. The summed E-state index contributed by atoms with van der Waals surface area (Å²) in [6, 6.07) is 6.10. The van der Waals surface area contributed by atoms with Crippen molar-refractivity contribution < 1.29 is 18.0 Å². The van der Waals surface area contributed by atoms with Crippen LogP contribution >= 0.6 is 23.2 Å². The molecule has 1 fully saturated rings. The molecule has 27 heavy (non-hydrogen) atoms. The van der Waals surface area contributed by atoms with Crippen LogP contribution in [0.1, 0.15) is 21.7 Å². The number of aromatic nitrogens is 2. The van der Waals surface area contributed by atoms with Crippen LogP contribution in [-0.4, -0.2) is 51.7 Å². The number of aryl methyl sites for hydroxylation is 1. The van der Waals surface area contributed by atoms with E-state index in [1.807, 2.05) is 6.07 Å². The third-order valence-corrected chi connectivity index (χ3v) is 5.04. The third kappa shape index (κ3) is 4.56. The molecule has 0 radical (unpaired) electrons. The fourth-order valence-electron chi connectivity index (χ4n) is 2.97. The molecular weight excluding hydrogens is 404 g/mol. The van der Waals surface area contributed by atoms with Gasteiger partial charge in [-0.05, 0) is 17.7 Å². The summed E-state index contributed by atoms with van der Waals surface area (Å²) >= 11 is 12.1. The summed E-state index contributed by atoms with van der Waals surface area (Å²) in [4.78, 5) is 16.2. The van der Waals surface area contributed by atoms with Crippen LogP contribution < -0.4 is 0 Å². The summed E-state index contributed by atoms with van der Waals surface area (Å²) < 4.78 is 39.3. The molecule has 2 aromatic rings. The molecule has 10 heteroatoms. The Morgan fingerprint density at radius 2 is 1.81 bits per heavy atom. The Morgan fingerprint density at radius 3 is 2.37 bits per heavy atom. The van der Waals surface area contributed by atoms with E-state index in [9.17, 15) is 18.0 Å². The highest BCUT2D eigenvalue weighted by Gasteiger charge is 2.36. The van der Waals surface area contributed by atoms with E-state index in [1.165, 1.54) is 11.9 Å². The molecule has 1 saturated heterocycles. The van der Waals surface area contributed by atoms with Gasteiger partial charge in [0.05, 0.1) is 0 Å². The van der Waals surface area contributed by atoms with Gasteiger partial charge in [-0.15, -0.1) is 0 Å². The summed E-state index contributed by atoms with van der Waals surface area (Å²) in [5.74, 6) is -0.454. The Kier molecular flexibility index (Phi) is 5.69. The second-order valence-corrected chi connectivity index (χ2v) is 7.18. The zero-order chi connectivity index (χ0) is 19.8. The fraction of sp³-hybridized carbons (Fsp3) is 0.412. The minimum absolute atomic E-state index is 0.0727. The number of amides is 1. The molecule has 0 bridgehead atoms. The Hall–Kier alpha value is -1.77. The maximum Gasteiger partial charge on any atom is 0.435 e. The Balaban J connectivity index is 1.62. The molecule has 1 aliphatic rings. The fourth-order valence-corrected chi connectivity index (χ4v) is 3.44. The normalized spacial score (nSPS) is 16.0. The second kappa shape index (κ2) is 7.69. The molecular formula is C17H17Cl2F3N4O. The molecule has 0 atom stereocenters. The van der Waals surface area contributed by atoms with E-state index in [1.54, 1.807) is 12.1 Å². The molecule has 0 aliphatic carbocycles. The van der Waals surface area contributed by atoms with Crippen molar-refractivity contribution in [2.24, 2.45) is 7.05 Å². The number of rotatable bonds is 3. The highest BCUT2D eigenvalue weighted by atomic mass is 35.5. The highest BCUT2D eigenvalue weighted by Crippen LogP contribution is 2.29. The van der Waals surface area contributed by atoms with Crippen molar-refractivity contribution in [1.82, 2.24) is 19.6 Å². The van der Waals surface area contributed by atoms with Gasteiger partial charge in [-0.25, -0.2) is 0 Å². The van der Waals surface area contributed by atoms with E-state index < -0.39 is 17.8 Å². The van der Waals surface area contributed by atoms with E-state index in [4.69, 9.17) is 23.2 Å². The van der Waals surface area contributed by atoms with Gasteiger partial charge in [0.15, 0.2) is 5.69 Å². The minimum Gasteiger partial charge on any atom is -0.335 e. The van der Waals surface area contributed by atoms with Crippen LogP contribution in [0.3, 0.4) is 0 Å². The number of alkyl halides is 3. The second-order valence-electron chi connectivity index (χ2n) is 6.34. The van der Waals surface area contributed by atoms with Crippen LogP contribution in [0.25, 0.3) is 0 Å². The van der Waals surface area contributed by atoms with E-state index in [-0.39, 0.29) is 5.69 Å². The first kappa shape index (κ1) is 20.0. The van der Waals surface area contributed by atoms with E-state index in [0.29, 0.717) is 42.8 Å². The maximum atomic E-state index is 12.8. The number of piperazine rings is 1. The minimum atomic E-state index is -4.58. The number of halogens is 5. The summed E-state index contributed by atoms with van der Waals surface area (Å²) in [6.07, 6.45) is -4.58. The number of nitrogens with zero attached hydrogens (tertiary/aromatic N) is 4. The lowest BCUT2D eigenvalue weighted by Gasteiger charge is -2.34. The smallest absolute Gasteiger partial charge is 0.335 e. The lowest BCUT2D eigenvalue weighted by Crippen LogP contribution is -2.48. The van der Waals surface area contributed by atoms with Crippen LogP contribution in [0.2, 0.25) is 10.0 Å². The van der Waals surface area contributed by atoms with E-state index in [2.05, 4.69) is 10.00 Å². The Bertz CT molecular complexity index is 845. The Morgan fingerprint density at radius 1 is 1.15 bits per heavy atom. The van der Waals surface area contributed by atoms with E-state index >= 15 is 0 Å². The zero-order valence-electron chi connectivity index (χ0n) is 14.4. The largest absolute Gasteiger partial charge is 0.435 e. The lowest BCUT2D eigenvalue weighted by atomic mass is 10.2. The molecule has 0 saturated carbocycles. The number of hydrogen-bond donors (Lipinski definition) is 0. The number of hydrogen-bond acceptors (Lipinski definition) is 3. The molecule has 2 heterocycles. The SMILES string of the molecule is Cn1nc(C(F)(F)F)cc1C(=O)N1CCN(Cc2ccc(Cl)cc2Cl)CC1. The van der Waals surface area contributed by atoms with Crippen LogP contribution in [0, 0.1) is 0 Å². The van der Waals surface area contributed by atoms with Gasteiger partial charge in [0.2, 0.25) is 0 Å². The van der Waals surface area contributed by atoms with Gasteiger partial charge < -0.3 is 4.90 Å². The van der Waals surface area contributed by atoms with Crippen molar-refractivity contribution in [2.75, 3.05) is 26.2 Å². The maximum absolute atomic E-state index is 12.8. The highest BCUT2D eigenvalue weighted by molar-refractivity contribution is 6.35. The molecule has 5 nitrogen and oxygen atoms in total. The molecule has 1 amide bonds. The number of carbonyl (C=O) groups is 1. The summed E-state index contributed by atoms with van der Waals surface area (Å²) in [5, 5.41) is 4.54. The van der Waals surface area contributed by atoms with Crippen molar-refractivity contribution >= 4 is 29.1 Å². The van der Waals surface area contributed by atoms with Gasteiger partial charge in [-0.1, -0.05) is 29.3 Å². The topological polar surface area (TPSA) is 41.4 Å².